The Kier molecular flexibility index (Phi) is 6.83. The van der Waals surface area contributed by atoms with Gasteiger partial charge in [-0.2, -0.15) is 0 Å². The van der Waals surface area contributed by atoms with E-state index in [0.717, 1.165) is 105 Å². The summed E-state index contributed by atoms with van der Waals surface area (Å²) in [6, 6.07) is 65.3. The average molecular weight is 730 g/mol. The first-order chi connectivity index (χ1) is 28.3. The zero-order valence-electron chi connectivity index (χ0n) is 30.5. The molecule has 6 nitrogen and oxygen atoms in total. The Hall–Kier alpha value is -7.83. The second-order valence-corrected chi connectivity index (χ2v) is 14.4. The van der Waals surface area contributed by atoms with Crippen LogP contribution in [0.5, 0.6) is 0 Å². The van der Waals surface area contributed by atoms with Crippen molar-refractivity contribution in [2.45, 2.75) is 0 Å². The fraction of sp³-hybridized carbons (Fsp3) is 0. The molecule has 0 bridgehead atoms. The summed E-state index contributed by atoms with van der Waals surface area (Å²) in [6.45, 7) is 0. The van der Waals surface area contributed by atoms with Gasteiger partial charge in [-0.15, -0.1) is 0 Å². The van der Waals surface area contributed by atoms with E-state index in [0.29, 0.717) is 5.82 Å². The molecule has 0 amide bonds. The van der Waals surface area contributed by atoms with E-state index in [-0.39, 0.29) is 0 Å². The minimum atomic E-state index is 0.640. The van der Waals surface area contributed by atoms with Crippen LogP contribution >= 0.6 is 0 Å². The van der Waals surface area contributed by atoms with Gasteiger partial charge in [0.25, 0.3) is 0 Å². The summed E-state index contributed by atoms with van der Waals surface area (Å²) in [5, 5.41) is 6.69. The first-order valence-corrected chi connectivity index (χ1v) is 19.1. The summed E-state index contributed by atoms with van der Waals surface area (Å²) < 4.78 is 10.8. The lowest BCUT2D eigenvalue weighted by atomic mass is 10.1. The molecule has 0 radical (unpaired) electrons. The third-order valence-corrected chi connectivity index (χ3v) is 11.1. The van der Waals surface area contributed by atoms with Gasteiger partial charge in [-0.05, 0) is 54.6 Å². The molecule has 0 aliphatic carbocycles. The zero-order chi connectivity index (χ0) is 37.5. The third kappa shape index (κ3) is 4.87. The molecule has 57 heavy (non-hydrogen) atoms. The number of rotatable bonds is 5. The van der Waals surface area contributed by atoms with Gasteiger partial charge in [0.05, 0.1) is 33.5 Å². The van der Waals surface area contributed by atoms with E-state index >= 15 is 0 Å². The molecule has 0 unspecified atom stereocenters. The molecule has 12 rings (SSSR count). The highest BCUT2D eigenvalue weighted by Crippen LogP contribution is 2.42. The van der Waals surface area contributed by atoms with E-state index in [9.17, 15) is 0 Å². The topological polar surface area (TPSA) is 61.7 Å². The molecule has 266 valence electrons. The Morgan fingerprint density at radius 3 is 1.82 bits per heavy atom. The summed E-state index contributed by atoms with van der Waals surface area (Å²) in [7, 11) is 0. The van der Waals surface area contributed by atoms with Crippen molar-refractivity contribution in [1.82, 2.24) is 24.1 Å². The number of hydrogen-bond donors (Lipinski definition) is 0. The number of hydrogen-bond acceptors (Lipinski definition) is 4. The SMILES string of the molecule is c1ccc(-c2cccc(-n3c4ccccc4c4c3ccc3c5ccccc5n(-c5cc(-c6ccccc6)nc(-c6ccc7oc8ccccc8c7c6)n5)c34)n2)cc1. The Balaban J connectivity index is 1.17. The summed E-state index contributed by atoms with van der Waals surface area (Å²) in [5.74, 6) is 2.29. The van der Waals surface area contributed by atoms with Crippen LogP contribution in [0.3, 0.4) is 0 Å². The van der Waals surface area contributed by atoms with Gasteiger partial charge in [0.2, 0.25) is 0 Å². The number of fused-ring (bicyclic) bond motifs is 10. The lowest BCUT2D eigenvalue weighted by Gasteiger charge is -2.13. The number of pyridine rings is 1. The number of furan rings is 1. The van der Waals surface area contributed by atoms with E-state index in [1.165, 1.54) is 0 Å². The standard InChI is InChI=1S/C51H31N5O/c1-3-14-32(15-4-1)40-21-13-25-47(52-40)55-43-23-11-8-20-38(43)49-44(55)28-27-37-35-18-7-10-22-42(35)56(50(37)49)48-31-41(33-16-5-2-6-17-33)53-51(54-48)34-26-29-46-39(30-34)36-19-9-12-24-45(36)57-46/h1-31H. The van der Waals surface area contributed by atoms with Crippen LogP contribution in [0.25, 0.3) is 111 Å². The highest BCUT2D eigenvalue weighted by Gasteiger charge is 2.23. The van der Waals surface area contributed by atoms with Gasteiger partial charge in [0.1, 0.15) is 22.8 Å². The van der Waals surface area contributed by atoms with Crippen LogP contribution in [0.4, 0.5) is 0 Å². The molecule has 0 N–H and O–H groups in total. The van der Waals surface area contributed by atoms with Gasteiger partial charge in [0.15, 0.2) is 5.82 Å². The van der Waals surface area contributed by atoms with Crippen molar-refractivity contribution in [3.8, 4) is 45.5 Å². The van der Waals surface area contributed by atoms with E-state index < -0.39 is 0 Å². The molecule has 7 aromatic carbocycles. The average Bonchev–Trinajstić information content (AvgIpc) is 3.94. The predicted molar refractivity (Wildman–Crippen MR) is 232 cm³/mol. The van der Waals surface area contributed by atoms with Crippen LogP contribution in [-0.2, 0) is 0 Å². The number of aromatic nitrogens is 5. The fourth-order valence-corrected chi connectivity index (χ4v) is 8.61. The van der Waals surface area contributed by atoms with E-state index in [2.05, 4.69) is 161 Å². The summed E-state index contributed by atoms with van der Waals surface area (Å²) >= 11 is 0. The van der Waals surface area contributed by atoms with Crippen molar-refractivity contribution >= 4 is 65.6 Å². The smallest absolute Gasteiger partial charge is 0.162 e. The number of para-hydroxylation sites is 3. The monoisotopic (exact) mass is 729 g/mol. The van der Waals surface area contributed by atoms with Crippen molar-refractivity contribution in [3.63, 3.8) is 0 Å². The molecule has 5 heterocycles. The number of benzene rings is 7. The number of nitrogens with zero attached hydrogens (tertiary/aromatic N) is 5. The van der Waals surface area contributed by atoms with Crippen LogP contribution in [-0.4, -0.2) is 24.1 Å². The molecule has 0 aliphatic heterocycles. The van der Waals surface area contributed by atoms with Gasteiger partial charge in [-0.3, -0.25) is 9.13 Å². The Morgan fingerprint density at radius 1 is 0.351 bits per heavy atom. The van der Waals surface area contributed by atoms with Crippen molar-refractivity contribution in [2.24, 2.45) is 0 Å². The van der Waals surface area contributed by atoms with Gasteiger partial charge in [0, 0.05) is 55.1 Å². The zero-order valence-corrected chi connectivity index (χ0v) is 30.5. The van der Waals surface area contributed by atoms with Crippen molar-refractivity contribution in [2.75, 3.05) is 0 Å². The molecule has 0 saturated carbocycles. The summed E-state index contributed by atoms with van der Waals surface area (Å²) in [4.78, 5) is 15.9. The van der Waals surface area contributed by atoms with Crippen molar-refractivity contribution in [1.29, 1.82) is 0 Å². The molecule has 0 fully saturated rings. The maximum absolute atomic E-state index is 6.20. The lowest BCUT2D eigenvalue weighted by molar-refractivity contribution is 0.669. The summed E-state index contributed by atoms with van der Waals surface area (Å²) in [5.41, 5.74) is 10.8. The largest absolute Gasteiger partial charge is 0.456 e. The van der Waals surface area contributed by atoms with Crippen molar-refractivity contribution in [3.05, 3.63) is 188 Å². The van der Waals surface area contributed by atoms with Crippen molar-refractivity contribution < 1.29 is 4.42 Å². The lowest BCUT2D eigenvalue weighted by Crippen LogP contribution is -2.03. The van der Waals surface area contributed by atoms with E-state index in [1.807, 2.05) is 36.4 Å². The molecule has 0 aliphatic rings. The minimum absolute atomic E-state index is 0.640. The molecule has 12 aromatic rings. The second-order valence-electron chi connectivity index (χ2n) is 14.4. The first kappa shape index (κ1) is 31.5. The van der Waals surface area contributed by atoms with E-state index in [4.69, 9.17) is 19.4 Å². The van der Waals surface area contributed by atoms with E-state index in [1.54, 1.807) is 0 Å². The first-order valence-electron chi connectivity index (χ1n) is 19.1. The van der Waals surface area contributed by atoms with Crippen LogP contribution < -0.4 is 0 Å². The van der Waals surface area contributed by atoms with Crippen LogP contribution in [0, 0.1) is 0 Å². The maximum Gasteiger partial charge on any atom is 0.162 e. The van der Waals surface area contributed by atoms with Crippen LogP contribution in [0.2, 0.25) is 0 Å². The normalized spacial score (nSPS) is 11.9. The molecular formula is C51H31N5O. The molecule has 0 saturated heterocycles. The fourth-order valence-electron chi connectivity index (χ4n) is 8.61. The van der Waals surface area contributed by atoms with Gasteiger partial charge < -0.3 is 4.42 Å². The highest BCUT2D eigenvalue weighted by molar-refractivity contribution is 6.26. The molecule has 0 atom stereocenters. The van der Waals surface area contributed by atoms with Gasteiger partial charge in [-0.25, -0.2) is 15.0 Å². The Morgan fingerprint density at radius 2 is 1.02 bits per heavy atom. The molecular weight excluding hydrogens is 699 g/mol. The molecule has 6 heteroatoms. The molecule has 5 aromatic heterocycles. The Bertz CT molecular complexity index is 3520. The van der Waals surface area contributed by atoms with Gasteiger partial charge >= 0.3 is 0 Å². The second kappa shape index (κ2) is 12.3. The Labute approximate surface area is 326 Å². The van der Waals surface area contributed by atoms with Crippen LogP contribution in [0.1, 0.15) is 0 Å². The third-order valence-electron chi connectivity index (χ3n) is 11.1. The van der Waals surface area contributed by atoms with Crippen LogP contribution in [0.15, 0.2) is 192 Å². The maximum atomic E-state index is 6.20. The summed E-state index contributed by atoms with van der Waals surface area (Å²) in [6.07, 6.45) is 0. The van der Waals surface area contributed by atoms with Gasteiger partial charge in [-0.1, -0.05) is 127 Å². The quantitative estimate of drug-likeness (QED) is 0.177. The minimum Gasteiger partial charge on any atom is -0.456 e. The highest BCUT2D eigenvalue weighted by atomic mass is 16.3. The molecule has 0 spiro atoms. The predicted octanol–water partition coefficient (Wildman–Crippen LogP) is 13.0.